The second-order valence-electron chi connectivity index (χ2n) is 4.23. The number of anilines is 1. The van der Waals surface area contributed by atoms with E-state index in [1.165, 1.54) is 6.33 Å². The molecule has 0 radical (unpaired) electrons. The van der Waals surface area contributed by atoms with Crippen molar-refractivity contribution >= 4 is 17.3 Å². The van der Waals surface area contributed by atoms with Crippen LogP contribution in [0.4, 0.5) is 5.69 Å². The van der Waals surface area contributed by atoms with Gasteiger partial charge in [-0.15, -0.1) is 0 Å². The Balaban J connectivity index is 1.65. The lowest BCUT2D eigenvalue weighted by Gasteiger charge is -2.07. The molecule has 0 amide bonds. The second kappa shape index (κ2) is 5.71. The van der Waals surface area contributed by atoms with E-state index in [9.17, 15) is 0 Å². The Morgan fingerprint density at radius 1 is 1.10 bits per heavy atom. The summed E-state index contributed by atoms with van der Waals surface area (Å²) in [5.74, 6) is 0.736. The fourth-order valence-corrected chi connectivity index (χ4v) is 1.89. The van der Waals surface area contributed by atoms with Crippen LogP contribution in [-0.2, 0) is 6.54 Å². The van der Waals surface area contributed by atoms with Crippen LogP contribution in [0.15, 0.2) is 55.2 Å². The largest absolute Gasteiger partial charge is 0.380 e. The van der Waals surface area contributed by atoms with E-state index in [0.29, 0.717) is 0 Å². The van der Waals surface area contributed by atoms with E-state index in [4.69, 9.17) is 11.6 Å². The highest BCUT2D eigenvalue weighted by Gasteiger charge is 1.99. The van der Waals surface area contributed by atoms with Crippen molar-refractivity contribution in [1.82, 2.24) is 19.7 Å². The quantitative estimate of drug-likeness (QED) is 0.801. The zero-order valence-corrected chi connectivity index (χ0v) is 11.3. The van der Waals surface area contributed by atoms with E-state index in [2.05, 4.69) is 20.4 Å². The van der Waals surface area contributed by atoms with E-state index in [-0.39, 0.29) is 0 Å². The van der Waals surface area contributed by atoms with E-state index in [1.54, 1.807) is 17.2 Å². The number of nitrogens with zero attached hydrogens (tertiary/aromatic N) is 4. The van der Waals surface area contributed by atoms with Gasteiger partial charge >= 0.3 is 0 Å². The number of pyridine rings is 1. The lowest BCUT2D eigenvalue weighted by Crippen LogP contribution is -2.02. The average Bonchev–Trinajstić information content (AvgIpc) is 3.01. The van der Waals surface area contributed by atoms with Gasteiger partial charge in [-0.2, -0.15) is 5.10 Å². The summed E-state index contributed by atoms with van der Waals surface area (Å²) >= 11 is 5.85. The summed E-state index contributed by atoms with van der Waals surface area (Å²) in [6.07, 6.45) is 4.87. The van der Waals surface area contributed by atoms with Gasteiger partial charge in [-0.1, -0.05) is 23.7 Å². The maximum atomic E-state index is 5.85. The van der Waals surface area contributed by atoms with Gasteiger partial charge in [0.1, 0.15) is 12.7 Å². The minimum atomic E-state index is 0.724. The SMILES string of the molecule is Clc1ccc(CNc2ccc(-n3cncn3)nc2)cc1. The summed E-state index contributed by atoms with van der Waals surface area (Å²) in [6, 6.07) is 11.6. The summed E-state index contributed by atoms with van der Waals surface area (Å²) < 4.78 is 1.61. The summed E-state index contributed by atoms with van der Waals surface area (Å²) in [7, 11) is 0. The maximum Gasteiger partial charge on any atom is 0.155 e. The number of nitrogens with one attached hydrogen (secondary N) is 1. The number of halogens is 1. The Morgan fingerprint density at radius 3 is 2.60 bits per heavy atom. The Hall–Kier alpha value is -2.40. The van der Waals surface area contributed by atoms with Crippen LogP contribution < -0.4 is 5.32 Å². The number of rotatable bonds is 4. The van der Waals surface area contributed by atoms with Crippen LogP contribution in [0, 0.1) is 0 Å². The average molecular weight is 286 g/mol. The Labute approximate surface area is 121 Å². The van der Waals surface area contributed by atoms with Crippen molar-refractivity contribution in [3.63, 3.8) is 0 Å². The van der Waals surface area contributed by atoms with Gasteiger partial charge in [0.2, 0.25) is 0 Å². The third-order valence-corrected chi connectivity index (χ3v) is 3.06. The van der Waals surface area contributed by atoms with Gasteiger partial charge in [-0.05, 0) is 29.8 Å². The monoisotopic (exact) mass is 285 g/mol. The molecule has 0 aliphatic heterocycles. The molecule has 6 heteroatoms. The predicted molar refractivity (Wildman–Crippen MR) is 77.9 cm³/mol. The molecular weight excluding hydrogens is 274 g/mol. The fraction of sp³-hybridized carbons (Fsp3) is 0.0714. The van der Waals surface area contributed by atoms with Gasteiger partial charge in [0.15, 0.2) is 5.82 Å². The minimum absolute atomic E-state index is 0.724. The summed E-state index contributed by atoms with van der Waals surface area (Å²) in [5.41, 5.74) is 2.11. The molecule has 100 valence electrons. The summed E-state index contributed by atoms with van der Waals surface area (Å²) in [5, 5.41) is 8.07. The molecule has 1 N–H and O–H groups in total. The standard InChI is InChI=1S/C14H12ClN5/c15-12-3-1-11(2-4-12)7-17-13-5-6-14(18-8-13)20-10-16-9-19-20/h1-6,8-10,17H,7H2. The highest BCUT2D eigenvalue weighted by molar-refractivity contribution is 6.30. The van der Waals surface area contributed by atoms with E-state index in [1.807, 2.05) is 36.4 Å². The molecule has 0 fully saturated rings. The van der Waals surface area contributed by atoms with Crippen molar-refractivity contribution in [2.24, 2.45) is 0 Å². The molecule has 0 aliphatic rings. The topological polar surface area (TPSA) is 55.6 Å². The van der Waals surface area contributed by atoms with Gasteiger partial charge < -0.3 is 5.32 Å². The number of aromatic nitrogens is 4. The molecule has 0 saturated carbocycles. The van der Waals surface area contributed by atoms with Crippen LogP contribution in [0.25, 0.3) is 5.82 Å². The van der Waals surface area contributed by atoms with Crippen LogP contribution in [0.2, 0.25) is 5.02 Å². The van der Waals surface area contributed by atoms with Crippen molar-refractivity contribution in [2.75, 3.05) is 5.32 Å². The van der Waals surface area contributed by atoms with Gasteiger partial charge in [-0.25, -0.2) is 14.6 Å². The van der Waals surface area contributed by atoms with Crippen molar-refractivity contribution in [1.29, 1.82) is 0 Å². The van der Waals surface area contributed by atoms with Crippen LogP contribution in [0.5, 0.6) is 0 Å². The number of benzene rings is 1. The van der Waals surface area contributed by atoms with Gasteiger partial charge in [0, 0.05) is 11.6 Å². The van der Waals surface area contributed by atoms with Crippen molar-refractivity contribution in [2.45, 2.75) is 6.54 Å². The lowest BCUT2D eigenvalue weighted by atomic mass is 10.2. The third-order valence-electron chi connectivity index (χ3n) is 2.81. The fourth-order valence-electron chi connectivity index (χ4n) is 1.76. The first-order chi connectivity index (χ1) is 9.81. The van der Waals surface area contributed by atoms with Crippen LogP contribution >= 0.6 is 11.6 Å². The maximum absolute atomic E-state index is 5.85. The molecule has 2 heterocycles. The molecule has 3 rings (SSSR count). The molecule has 2 aromatic heterocycles. The van der Waals surface area contributed by atoms with Crippen molar-refractivity contribution in [3.05, 3.63) is 65.8 Å². The number of hydrogen-bond acceptors (Lipinski definition) is 4. The zero-order chi connectivity index (χ0) is 13.8. The highest BCUT2D eigenvalue weighted by atomic mass is 35.5. The number of hydrogen-bond donors (Lipinski definition) is 1. The van der Waals surface area contributed by atoms with Gasteiger partial charge in [0.25, 0.3) is 0 Å². The molecule has 0 unspecified atom stereocenters. The lowest BCUT2D eigenvalue weighted by molar-refractivity contribution is 0.845. The Morgan fingerprint density at radius 2 is 1.95 bits per heavy atom. The molecule has 0 spiro atoms. The van der Waals surface area contributed by atoms with Crippen LogP contribution in [0.1, 0.15) is 5.56 Å². The molecular formula is C14H12ClN5. The third kappa shape index (κ3) is 2.95. The van der Waals surface area contributed by atoms with Crippen LogP contribution in [-0.4, -0.2) is 19.7 Å². The van der Waals surface area contributed by atoms with Crippen molar-refractivity contribution < 1.29 is 0 Å². The predicted octanol–water partition coefficient (Wildman–Crippen LogP) is 2.93. The minimum Gasteiger partial charge on any atom is -0.380 e. The summed E-state index contributed by atoms with van der Waals surface area (Å²) in [6.45, 7) is 0.724. The zero-order valence-electron chi connectivity index (χ0n) is 10.6. The molecule has 20 heavy (non-hydrogen) atoms. The van der Waals surface area contributed by atoms with E-state index in [0.717, 1.165) is 28.6 Å². The molecule has 0 atom stereocenters. The molecule has 0 aliphatic carbocycles. The van der Waals surface area contributed by atoms with E-state index >= 15 is 0 Å². The highest BCUT2D eigenvalue weighted by Crippen LogP contribution is 2.13. The van der Waals surface area contributed by atoms with Gasteiger partial charge in [0.05, 0.1) is 11.9 Å². The van der Waals surface area contributed by atoms with E-state index < -0.39 is 0 Å². The first-order valence-electron chi connectivity index (χ1n) is 6.11. The van der Waals surface area contributed by atoms with Crippen LogP contribution in [0.3, 0.4) is 0 Å². The molecule has 0 bridgehead atoms. The smallest absolute Gasteiger partial charge is 0.155 e. The van der Waals surface area contributed by atoms with Crippen molar-refractivity contribution in [3.8, 4) is 5.82 Å². The summed E-state index contributed by atoms with van der Waals surface area (Å²) in [4.78, 5) is 8.21. The first-order valence-corrected chi connectivity index (χ1v) is 6.48. The normalized spacial score (nSPS) is 10.4. The molecule has 0 saturated heterocycles. The second-order valence-corrected chi connectivity index (χ2v) is 4.66. The Kier molecular flexibility index (Phi) is 3.60. The Bertz CT molecular complexity index is 662. The first kappa shape index (κ1) is 12.6. The molecule has 5 nitrogen and oxygen atoms in total. The molecule has 3 aromatic rings. The van der Waals surface area contributed by atoms with Gasteiger partial charge in [-0.3, -0.25) is 0 Å². The molecule has 1 aromatic carbocycles.